The molecule has 0 bridgehead atoms. The van der Waals surface area contributed by atoms with E-state index in [1.807, 2.05) is 80.6 Å². The Kier molecular flexibility index (Phi) is 7.00. The van der Waals surface area contributed by atoms with Gasteiger partial charge in [0, 0.05) is 29.1 Å². The lowest BCUT2D eigenvalue weighted by molar-refractivity contribution is 0.0946. The van der Waals surface area contributed by atoms with Crippen LogP contribution in [-0.4, -0.2) is 15.9 Å². The highest BCUT2D eigenvalue weighted by Gasteiger charge is 2.21. The number of hydrogen-bond acceptors (Lipinski definition) is 6. The zero-order valence-electron chi connectivity index (χ0n) is 21.5. The van der Waals surface area contributed by atoms with E-state index in [2.05, 4.69) is 20.6 Å². The summed E-state index contributed by atoms with van der Waals surface area (Å²) in [5, 5.41) is 6.83. The molecule has 0 spiro atoms. The van der Waals surface area contributed by atoms with E-state index >= 15 is 0 Å². The van der Waals surface area contributed by atoms with E-state index in [0.717, 1.165) is 22.4 Å². The monoisotopic (exact) mass is 504 g/mol. The molecular weight excluding hydrogens is 476 g/mol. The zero-order chi connectivity index (χ0) is 26.6. The minimum absolute atomic E-state index is 0.0572. The Bertz CT molecular complexity index is 1660. The Hall–Kier alpha value is -4.78. The molecule has 1 amide bonds. The Labute approximate surface area is 220 Å². The first-order valence-corrected chi connectivity index (χ1v) is 12.5. The van der Waals surface area contributed by atoms with E-state index in [0.29, 0.717) is 34.5 Å². The molecule has 2 aromatic carbocycles. The van der Waals surface area contributed by atoms with Gasteiger partial charge >= 0.3 is 0 Å². The van der Waals surface area contributed by atoms with Crippen molar-refractivity contribution in [3.05, 3.63) is 123 Å². The zero-order valence-corrected chi connectivity index (χ0v) is 21.5. The number of pyridine rings is 2. The lowest BCUT2D eigenvalue weighted by Gasteiger charge is -2.20. The molecule has 0 saturated carbocycles. The highest BCUT2D eigenvalue weighted by atomic mass is 16.3. The van der Waals surface area contributed by atoms with E-state index in [-0.39, 0.29) is 23.1 Å². The molecule has 0 unspecified atom stereocenters. The number of carbonyl (C=O) groups excluding carboxylic acids is 1. The second kappa shape index (κ2) is 10.7. The molecule has 3 heterocycles. The summed E-state index contributed by atoms with van der Waals surface area (Å²) in [7, 11) is 0. The van der Waals surface area contributed by atoms with E-state index in [1.54, 1.807) is 25.4 Å². The number of aromatic nitrogens is 2. The minimum Gasteiger partial charge on any atom is -0.455 e. The lowest BCUT2D eigenvalue weighted by Crippen LogP contribution is -2.25. The molecule has 0 fully saturated rings. The Morgan fingerprint density at radius 1 is 0.947 bits per heavy atom. The van der Waals surface area contributed by atoms with Crippen molar-refractivity contribution in [1.29, 1.82) is 0 Å². The smallest absolute Gasteiger partial charge is 0.272 e. The summed E-state index contributed by atoms with van der Waals surface area (Å²) in [5.41, 5.74) is 5.24. The molecule has 0 aliphatic carbocycles. The standard InChI is InChI=1S/C31H28N4O3/c1-19-16-24(30-25(17-19)28(36)20(2)29(38-30)22-10-5-4-6-11-22)21(3)35-26-13-9-15-33-27(26)31(37)34-18-23-12-7-8-14-32-23/h4-17,21,35H,18H2,1-3H3,(H,34,37)/t21-/m1/s1. The van der Waals surface area contributed by atoms with Crippen LogP contribution >= 0.6 is 0 Å². The summed E-state index contributed by atoms with van der Waals surface area (Å²) < 4.78 is 6.43. The fraction of sp³-hybridized carbons (Fsp3) is 0.161. The van der Waals surface area contributed by atoms with Crippen LogP contribution in [0.15, 0.2) is 94.4 Å². The summed E-state index contributed by atoms with van der Waals surface area (Å²) in [6, 6.07) is 22.3. The van der Waals surface area contributed by atoms with E-state index in [1.165, 1.54) is 0 Å². The molecule has 2 N–H and O–H groups in total. The summed E-state index contributed by atoms with van der Waals surface area (Å²) >= 11 is 0. The largest absolute Gasteiger partial charge is 0.455 e. The van der Waals surface area contributed by atoms with Gasteiger partial charge in [0.1, 0.15) is 11.3 Å². The second-order valence-corrected chi connectivity index (χ2v) is 9.25. The first-order chi connectivity index (χ1) is 18.4. The number of amides is 1. The van der Waals surface area contributed by atoms with Gasteiger partial charge in [0.05, 0.1) is 29.4 Å². The van der Waals surface area contributed by atoms with Crippen molar-refractivity contribution in [2.75, 3.05) is 5.32 Å². The number of benzene rings is 2. The average Bonchev–Trinajstić information content (AvgIpc) is 2.95. The molecule has 0 aliphatic heterocycles. The number of fused-ring (bicyclic) bond motifs is 1. The fourth-order valence-electron chi connectivity index (χ4n) is 4.53. The van der Waals surface area contributed by atoms with Gasteiger partial charge in [-0.15, -0.1) is 0 Å². The van der Waals surface area contributed by atoms with Gasteiger partial charge in [-0.2, -0.15) is 0 Å². The van der Waals surface area contributed by atoms with Crippen LogP contribution in [0.2, 0.25) is 0 Å². The number of aryl methyl sites for hydroxylation is 1. The molecule has 7 nitrogen and oxygen atoms in total. The molecule has 7 heteroatoms. The quantitative estimate of drug-likeness (QED) is 0.283. The number of anilines is 1. The van der Waals surface area contributed by atoms with Crippen LogP contribution in [0.25, 0.3) is 22.3 Å². The maximum absolute atomic E-state index is 13.4. The summed E-state index contributed by atoms with van der Waals surface area (Å²) in [5.74, 6) is 0.241. The maximum Gasteiger partial charge on any atom is 0.272 e. The van der Waals surface area contributed by atoms with Crippen LogP contribution in [0.3, 0.4) is 0 Å². The van der Waals surface area contributed by atoms with Crippen molar-refractivity contribution in [1.82, 2.24) is 15.3 Å². The fourth-order valence-corrected chi connectivity index (χ4v) is 4.53. The maximum atomic E-state index is 13.4. The second-order valence-electron chi connectivity index (χ2n) is 9.25. The van der Waals surface area contributed by atoms with Crippen LogP contribution < -0.4 is 16.1 Å². The Morgan fingerprint density at radius 2 is 1.71 bits per heavy atom. The van der Waals surface area contributed by atoms with Gasteiger partial charge in [-0.1, -0.05) is 42.5 Å². The number of nitrogens with zero attached hydrogens (tertiary/aromatic N) is 2. The Balaban J connectivity index is 1.50. The first kappa shape index (κ1) is 24.9. The minimum atomic E-state index is -0.312. The van der Waals surface area contributed by atoms with Gasteiger partial charge in [0.15, 0.2) is 11.1 Å². The predicted octanol–water partition coefficient (Wildman–Crippen LogP) is 5.97. The van der Waals surface area contributed by atoms with Gasteiger partial charge < -0.3 is 15.1 Å². The van der Waals surface area contributed by atoms with Gasteiger partial charge in [0.2, 0.25) is 0 Å². The van der Waals surface area contributed by atoms with Crippen molar-refractivity contribution in [3.63, 3.8) is 0 Å². The van der Waals surface area contributed by atoms with E-state index < -0.39 is 0 Å². The van der Waals surface area contributed by atoms with E-state index in [4.69, 9.17) is 4.42 Å². The topological polar surface area (TPSA) is 97.1 Å². The molecule has 0 saturated heterocycles. The lowest BCUT2D eigenvalue weighted by atomic mass is 9.98. The number of rotatable bonds is 7. The third-order valence-corrected chi connectivity index (χ3v) is 6.45. The third kappa shape index (κ3) is 5.04. The van der Waals surface area contributed by atoms with Crippen molar-refractivity contribution in [2.45, 2.75) is 33.4 Å². The van der Waals surface area contributed by atoms with Crippen molar-refractivity contribution in [3.8, 4) is 11.3 Å². The number of hydrogen-bond donors (Lipinski definition) is 2. The van der Waals surface area contributed by atoms with Gasteiger partial charge in [-0.05, 0) is 56.7 Å². The van der Waals surface area contributed by atoms with Crippen LogP contribution in [0.4, 0.5) is 5.69 Å². The third-order valence-electron chi connectivity index (χ3n) is 6.45. The van der Waals surface area contributed by atoms with Crippen molar-refractivity contribution >= 4 is 22.6 Å². The molecule has 38 heavy (non-hydrogen) atoms. The first-order valence-electron chi connectivity index (χ1n) is 12.5. The number of carbonyl (C=O) groups is 1. The summed E-state index contributed by atoms with van der Waals surface area (Å²) in [4.78, 5) is 35.0. The molecule has 5 rings (SSSR count). The summed E-state index contributed by atoms with van der Waals surface area (Å²) in [6.07, 6.45) is 3.27. The molecule has 0 radical (unpaired) electrons. The van der Waals surface area contributed by atoms with Gasteiger partial charge in [-0.3, -0.25) is 14.6 Å². The van der Waals surface area contributed by atoms with Gasteiger partial charge in [0.25, 0.3) is 5.91 Å². The number of nitrogens with one attached hydrogen (secondary N) is 2. The normalized spacial score (nSPS) is 11.8. The van der Waals surface area contributed by atoms with Crippen LogP contribution in [0, 0.1) is 13.8 Å². The van der Waals surface area contributed by atoms with Crippen LogP contribution in [0.1, 0.15) is 45.8 Å². The SMILES string of the molecule is Cc1cc([C@@H](C)Nc2cccnc2C(=O)NCc2ccccn2)c2oc(-c3ccccc3)c(C)c(=O)c2c1. The molecular formula is C31H28N4O3. The molecule has 3 aromatic heterocycles. The van der Waals surface area contributed by atoms with Crippen LogP contribution in [0.5, 0.6) is 0 Å². The summed E-state index contributed by atoms with van der Waals surface area (Å²) in [6.45, 7) is 6.01. The van der Waals surface area contributed by atoms with Gasteiger partial charge in [-0.25, -0.2) is 4.98 Å². The average molecular weight is 505 g/mol. The molecule has 5 aromatic rings. The van der Waals surface area contributed by atoms with Crippen molar-refractivity contribution in [2.24, 2.45) is 0 Å². The molecule has 190 valence electrons. The highest BCUT2D eigenvalue weighted by molar-refractivity contribution is 5.97. The molecule has 1 atom stereocenters. The predicted molar refractivity (Wildman–Crippen MR) is 149 cm³/mol. The van der Waals surface area contributed by atoms with Crippen molar-refractivity contribution < 1.29 is 9.21 Å². The molecule has 0 aliphatic rings. The highest BCUT2D eigenvalue weighted by Crippen LogP contribution is 2.32. The Morgan fingerprint density at radius 3 is 2.47 bits per heavy atom. The van der Waals surface area contributed by atoms with Crippen LogP contribution in [-0.2, 0) is 6.54 Å². The van der Waals surface area contributed by atoms with E-state index in [9.17, 15) is 9.59 Å².